The lowest BCUT2D eigenvalue weighted by Gasteiger charge is -2.36. The number of hydrogen-bond acceptors (Lipinski definition) is 27. The van der Waals surface area contributed by atoms with E-state index in [0.29, 0.717) is 9.80 Å². The van der Waals surface area contributed by atoms with Crippen molar-refractivity contribution in [3.63, 3.8) is 0 Å². The summed E-state index contributed by atoms with van der Waals surface area (Å²) < 4.78 is 56.3. The molecule has 0 aromatic heterocycles. The molecule has 0 aromatic rings. The summed E-state index contributed by atoms with van der Waals surface area (Å²) in [4.78, 5) is 189. The van der Waals surface area contributed by atoms with Gasteiger partial charge in [0.1, 0.15) is 74.1 Å². The number of nitrogens with one attached hydrogen (secondary N) is 2. The number of carbonyl (C=O) groups is 13. The summed E-state index contributed by atoms with van der Waals surface area (Å²) in [5, 5.41) is 15.9. The second-order valence-electron chi connectivity index (χ2n) is 34.2. The van der Waals surface area contributed by atoms with Gasteiger partial charge in [-0.2, -0.15) is 0 Å². The van der Waals surface area contributed by atoms with E-state index in [4.69, 9.17) is 47.4 Å². The van der Waals surface area contributed by atoms with Crippen molar-refractivity contribution in [2.75, 3.05) is 85.1 Å². The van der Waals surface area contributed by atoms with Crippen LogP contribution in [0.3, 0.4) is 0 Å². The first-order valence-corrected chi connectivity index (χ1v) is 33.5. The lowest BCUT2D eigenvalue weighted by molar-refractivity contribution is -0.165. The van der Waals surface area contributed by atoms with Crippen LogP contribution in [-0.2, 0) is 90.5 Å². The highest BCUT2D eigenvalue weighted by molar-refractivity contribution is 5.91. The second-order valence-corrected chi connectivity index (χ2v) is 34.2. The maximum absolute atomic E-state index is 15.5. The van der Waals surface area contributed by atoms with E-state index < -0.39 is 237 Å². The van der Waals surface area contributed by atoms with Crippen molar-refractivity contribution in [3.8, 4) is 0 Å². The number of nitrogens with zero attached hydrogens (tertiary/aromatic N) is 6. The predicted molar refractivity (Wildman–Crippen MR) is 370 cm³/mol. The number of rotatable bonds is 30. The molecule has 32 heteroatoms. The Morgan fingerprint density at radius 2 is 0.505 bits per heavy atom. The van der Waals surface area contributed by atoms with Crippen LogP contribution < -0.4 is 10.6 Å². The maximum Gasteiger partial charge on any atom is 0.419 e. The van der Waals surface area contributed by atoms with Gasteiger partial charge >= 0.3 is 66.2 Å². The van der Waals surface area contributed by atoms with Gasteiger partial charge in [0.05, 0.1) is 39.3 Å². The van der Waals surface area contributed by atoms with Gasteiger partial charge in [0.2, 0.25) is 11.8 Å². The van der Waals surface area contributed by atoms with Gasteiger partial charge in [-0.15, -0.1) is 0 Å². The SMILES string of the molecule is CC(C)(C)OC(=O)CN(CCN(C(=O)OC(C)(C)C)C(=O)OC(C)(C)C)CC(C(=O)NCC(NC(=O)C(CN(CCN(C(=O)OC(C)(C)C)C(=O)OC(C)(C)C)CC(=O)OC(C)(C)C)N(CC(=O)OC(C)(C)C)CC(=O)OC(C)(C)C)C(=O)O)N(CC(=O)OC(C)(C)C)CC(=O)OC(C)(C)C. The van der Waals surface area contributed by atoms with Gasteiger partial charge in [0.15, 0.2) is 0 Å². The molecule has 0 aliphatic carbocycles. The lowest BCUT2D eigenvalue weighted by atomic mass is 10.1. The van der Waals surface area contributed by atoms with Gasteiger partial charge in [0.25, 0.3) is 0 Å². The smallest absolute Gasteiger partial charge is 0.419 e. The zero-order valence-corrected chi connectivity index (χ0v) is 65.9. The van der Waals surface area contributed by atoms with E-state index in [2.05, 4.69) is 10.6 Å². The third kappa shape index (κ3) is 45.2. The molecule has 0 fully saturated rings. The minimum atomic E-state index is -2.17. The van der Waals surface area contributed by atoms with E-state index in [9.17, 15) is 57.8 Å². The van der Waals surface area contributed by atoms with Crippen molar-refractivity contribution in [2.24, 2.45) is 0 Å². The Morgan fingerprint density at radius 1 is 0.297 bits per heavy atom. The molecule has 0 saturated heterocycles. The zero-order valence-electron chi connectivity index (χ0n) is 65.9. The van der Waals surface area contributed by atoms with Gasteiger partial charge in [-0.3, -0.25) is 58.0 Å². The number of carbonyl (C=O) groups excluding carboxylic acids is 12. The molecule has 3 unspecified atom stereocenters. The normalized spacial score (nSPS) is 13.8. The van der Waals surface area contributed by atoms with Gasteiger partial charge in [-0.05, 0) is 208 Å². The Bertz CT molecular complexity index is 2730. The lowest BCUT2D eigenvalue weighted by Crippen LogP contribution is -2.61. The molecule has 101 heavy (non-hydrogen) atoms. The average Bonchev–Trinajstić information content (AvgIpc) is 0.841. The van der Waals surface area contributed by atoms with Crippen LogP contribution in [0, 0.1) is 0 Å². The minimum Gasteiger partial charge on any atom is -0.480 e. The van der Waals surface area contributed by atoms with Crippen molar-refractivity contribution in [2.45, 2.75) is 282 Å². The number of carboxylic acid groups (broad SMARTS) is 1. The van der Waals surface area contributed by atoms with Crippen LogP contribution in [0.15, 0.2) is 0 Å². The first kappa shape index (κ1) is 93.6. The fraction of sp³-hybridized carbons (Fsp3) is 0.812. The van der Waals surface area contributed by atoms with Crippen LogP contribution in [0.1, 0.15) is 208 Å². The Balaban J connectivity index is 8.89. The summed E-state index contributed by atoms with van der Waals surface area (Å²) in [6.07, 6.45) is -4.65. The molecule has 32 nitrogen and oxygen atoms in total. The van der Waals surface area contributed by atoms with E-state index in [1.54, 1.807) is 208 Å². The summed E-state index contributed by atoms with van der Waals surface area (Å²) in [5.41, 5.74) is -11.4. The molecule has 0 heterocycles. The van der Waals surface area contributed by atoms with E-state index in [1.807, 2.05) is 0 Å². The molecule has 0 spiro atoms. The summed E-state index contributed by atoms with van der Waals surface area (Å²) in [6.45, 7) is 37.2. The molecule has 3 N–H and O–H groups in total. The molecule has 582 valence electrons. The second kappa shape index (κ2) is 37.6. The number of hydrogen-bond donors (Lipinski definition) is 3. The Morgan fingerprint density at radius 3 is 0.713 bits per heavy atom. The molecule has 0 saturated carbocycles. The zero-order chi connectivity index (χ0) is 79.4. The standard InChI is InChI=1S/C69H122N8O24/c1-60(2,3)92-47(78)38-72(31-33-76(56(88)98-66(19,20)21)57(89)99-67(22,23)24)36-45(74(40-49(80)94-62(7,8)9)41-50(81)95-63(10,11)12)53(84)70-35-44(55(86)87)71-54(85)46(75(42-51(82)96-64(13,14)15)43-52(83)97-65(16,17)18)37-73(39-48(79)93-61(4,5)6)32-34-77(58(90)100-68(25,26)27)59(91)101-69(28,29)30/h44-46H,31-43H2,1-30H3,(H,70,84)(H,71,85)(H,86,87). The highest BCUT2D eigenvalue weighted by Crippen LogP contribution is 2.21. The van der Waals surface area contributed by atoms with E-state index in [-0.39, 0.29) is 0 Å². The van der Waals surface area contributed by atoms with Gasteiger partial charge < -0.3 is 63.1 Å². The number of aliphatic carboxylic acids is 1. The van der Waals surface area contributed by atoms with Crippen LogP contribution in [-0.4, -0.2) is 272 Å². The van der Waals surface area contributed by atoms with Crippen molar-refractivity contribution in [1.82, 2.24) is 40.0 Å². The van der Waals surface area contributed by atoms with Crippen LogP contribution >= 0.6 is 0 Å². The van der Waals surface area contributed by atoms with Crippen LogP contribution in [0.5, 0.6) is 0 Å². The Kier molecular flexibility index (Phi) is 34.9. The Labute approximate surface area is 597 Å². The van der Waals surface area contributed by atoms with Crippen LogP contribution in [0.4, 0.5) is 19.2 Å². The first-order valence-electron chi connectivity index (χ1n) is 33.5. The number of imide groups is 2. The van der Waals surface area contributed by atoms with Crippen molar-refractivity contribution >= 4 is 78.0 Å². The molecule has 0 rings (SSSR count). The largest absolute Gasteiger partial charge is 0.480 e. The summed E-state index contributed by atoms with van der Waals surface area (Å²) >= 11 is 0. The number of carboxylic acids is 1. The molecule has 0 aliphatic rings. The topological polar surface area (TPSA) is 378 Å². The van der Waals surface area contributed by atoms with Crippen LogP contribution in [0.2, 0.25) is 0 Å². The molecule has 0 aromatic carbocycles. The predicted octanol–water partition coefficient (Wildman–Crippen LogP) is 7.01. The van der Waals surface area contributed by atoms with Crippen LogP contribution in [0.25, 0.3) is 0 Å². The number of amides is 6. The van der Waals surface area contributed by atoms with E-state index in [1.165, 1.54) is 9.80 Å². The first-order chi connectivity index (χ1) is 45.0. The third-order valence-corrected chi connectivity index (χ3v) is 11.7. The molecular weight excluding hydrogens is 1320 g/mol. The molecule has 6 amide bonds. The minimum absolute atomic E-state index is 0.475. The van der Waals surface area contributed by atoms with E-state index in [0.717, 1.165) is 9.80 Å². The fourth-order valence-corrected chi connectivity index (χ4v) is 8.56. The van der Waals surface area contributed by atoms with Gasteiger partial charge in [0, 0.05) is 45.8 Å². The molecule has 0 radical (unpaired) electrons. The number of esters is 6. The average molecular weight is 1450 g/mol. The van der Waals surface area contributed by atoms with E-state index >= 15 is 9.59 Å². The summed E-state index contributed by atoms with van der Waals surface area (Å²) in [5.74, 6) is -10.0. The fourth-order valence-electron chi connectivity index (χ4n) is 8.56. The summed E-state index contributed by atoms with van der Waals surface area (Å²) in [7, 11) is 0. The highest BCUT2D eigenvalue weighted by Gasteiger charge is 2.41. The molecule has 0 bridgehead atoms. The summed E-state index contributed by atoms with van der Waals surface area (Å²) in [6, 6.07) is -5.93. The van der Waals surface area contributed by atoms with Gasteiger partial charge in [-0.25, -0.2) is 33.8 Å². The van der Waals surface area contributed by atoms with Crippen molar-refractivity contribution in [3.05, 3.63) is 0 Å². The molecular formula is C69H122N8O24. The Hall–Kier alpha value is -7.45. The highest BCUT2D eigenvalue weighted by atomic mass is 16.6. The quantitative estimate of drug-likeness (QED) is 0.0480. The van der Waals surface area contributed by atoms with Crippen molar-refractivity contribution < 1.29 is 115 Å². The number of ether oxygens (including phenoxy) is 10. The van der Waals surface area contributed by atoms with Gasteiger partial charge in [-0.1, -0.05) is 0 Å². The third-order valence-electron chi connectivity index (χ3n) is 11.7. The van der Waals surface area contributed by atoms with Crippen molar-refractivity contribution in [1.29, 1.82) is 0 Å². The maximum atomic E-state index is 15.5. The molecule has 3 atom stereocenters. The molecule has 0 aliphatic heterocycles. The monoisotopic (exact) mass is 1450 g/mol.